The summed E-state index contributed by atoms with van der Waals surface area (Å²) in [4.78, 5) is 2.70. The van der Waals surface area contributed by atoms with Gasteiger partial charge in [-0.05, 0) is 61.7 Å². The van der Waals surface area contributed by atoms with Crippen LogP contribution >= 0.6 is 11.3 Å². The van der Waals surface area contributed by atoms with E-state index in [0.29, 0.717) is 12.0 Å². The Bertz CT molecular complexity index is 319. The SMILES string of the molecule is CNCC(C)C(C)N(Cc1ccsc1)C1CC1. The highest BCUT2D eigenvalue weighted by molar-refractivity contribution is 7.07. The minimum absolute atomic E-state index is 0.662. The Morgan fingerprint density at radius 2 is 2.24 bits per heavy atom. The number of hydrogen-bond donors (Lipinski definition) is 1. The first-order chi connectivity index (χ1) is 8.22. The molecule has 1 aliphatic rings. The summed E-state index contributed by atoms with van der Waals surface area (Å²) in [6, 6.07) is 3.76. The Morgan fingerprint density at radius 3 is 2.76 bits per heavy atom. The number of nitrogens with zero attached hydrogens (tertiary/aromatic N) is 1. The largest absolute Gasteiger partial charge is 0.319 e. The second kappa shape index (κ2) is 5.98. The lowest BCUT2D eigenvalue weighted by atomic mass is 10.0. The average Bonchev–Trinajstić information content (AvgIpc) is 3.03. The minimum atomic E-state index is 0.662. The molecule has 1 fully saturated rings. The van der Waals surface area contributed by atoms with Gasteiger partial charge < -0.3 is 5.32 Å². The van der Waals surface area contributed by atoms with Gasteiger partial charge in [0.1, 0.15) is 0 Å². The number of hydrogen-bond acceptors (Lipinski definition) is 3. The lowest BCUT2D eigenvalue weighted by Crippen LogP contribution is -2.41. The molecule has 1 aromatic rings. The van der Waals surface area contributed by atoms with Crippen molar-refractivity contribution in [3.05, 3.63) is 22.4 Å². The van der Waals surface area contributed by atoms with E-state index in [0.717, 1.165) is 19.1 Å². The van der Waals surface area contributed by atoms with Crippen LogP contribution in [0.3, 0.4) is 0 Å². The fraction of sp³-hybridized carbons (Fsp3) is 0.714. The van der Waals surface area contributed by atoms with Crippen molar-refractivity contribution in [3.8, 4) is 0 Å². The molecule has 0 amide bonds. The molecule has 17 heavy (non-hydrogen) atoms. The summed E-state index contributed by atoms with van der Waals surface area (Å²) in [5.74, 6) is 0.708. The van der Waals surface area contributed by atoms with E-state index >= 15 is 0 Å². The fourth-order valence-corrected chi connectivity index (χ4v) is 3.08. The molecule has 2 unspecified atom stereocenters. The average molecular weight is 252 g/mol. The van der Waals surface area contributed by atoms with Crippen LogP contribution in [0.4, 0.5) is 0 Å². The van der Waals surface area contributed by atoms with Gasteiger partial charge in [0.25, 0.3) is 0 Å². The highest BCUT2D eigenvalue weighted by Gasteiger charge is 2.33. The molecular weight excluding hydrogens is 228 g/mol. The fourth-order valence-electron chi connectivity index (χ4n) is 2.42. The normalized spacial score (nSPS) is 19.5. The molecule has 1 aliphatic carbocycles. The van der Waals surface area contributed by atoms with Crippen LogP contribution in [0.2, 0.25) is 0 Å². The van der Waals surface area contributed by atoms with Crippen molar-refractivity contribution >= 4 is 11.3 Å². The van der Waals surface area contributed by atoms with Crippen LogP contribution in [0.5, 0.6) is 0 Å². The zero-order valence-electron chi connectivity index (χ0n) is 11.1. The lowest BCUT2D eigenvalue weighted by Gasteiger charge is -2.33. The summed E-state index contributed by atoms with van der Waals surface area (Å²) in [6.07, 6.45) is 2.78. The zero-order valence-corrected chi connectivity index (χ0v) is 12.0. The molecule has 2 rings (SSSR count). The van der Waals surface area contributed by atoms with Gasteiger partial charge in [-0.15, -0.1) is 0 Å². The van der Waals surface area contributed by atoms with Crippen LogP contribution in [0.15, 0.2) is 16.8 Å². The van der Waals surface area contributed by atoms with Gasteiger partial charge in [-0.2, -0.15) is 11.3 Å². The van der Waals surface area contributed by atoms with E-state index in [9.17, 15) is 0 Å². The zero-order chi connectivity index (χ0) is 12.3. The molecule has 0 aliphatic heterocycles. The van der Waals surface area contributed by atoms with E-state index in [1.54, 1.807) is 11.3 Å². The second-order valence-corrected chi connectivity index (χ2v) is 6.09. The number of nitrogens with one attached hydrogen (secondary N) is 1. The van der Waals surface area contributed by atoms with Crippen LogP contribution in [0.25, 0.3) is 0 Å². The monoisotopic (exact) mass is 252 g/mol. The minimum Gasteiger partial charge on any atom is -0.319 e. The molecule has 0 spiro atoms. The van der Waals surface area contributed by atoms with Gasteiger partial charge in [-0.1, -0.05) is 6.92 Å². The predicted molar refractivity (Wildman–Crippen MR) is 75.4 cm³/mol. The molecule has 1 saturated carbocycles. The molecule has 0 radical (unpaired) electrons. The quantitative estimate of drug-likeness (QED) is 0.802. The molecule has 96 valence electrons. The van der Waals surface area contributed by atoms with Crippen molar-refractivity contribution in [2.24, 2.45) is 5.92 Å². The van der Waals surface area contributed by atoms with Crippen LogP contribution in [-0.2, 0) is 6.54 Å². The van der Waals surface area contributed by atoms with Gasteiger partial charge in [-0.25, -0.2) is 0 Å². The summed E-state index contributed by atoms with van der Waals surface area (Å²) >= 11 is 1.81. The van der Waals surface area contributed by atoms with Gasteiger partial charge in [-0.3, -0.25) is 4.90 Å². The second-order valence-electron chi connectivity index (χ2n) is 5.31. The van der Waals surface area contributed by atoms with E-state index in [-0.39, 0.29) is 0 Å². The van der Waals surface area contributed by atoms with Gasteiger partial charge in [0.05, 0.1) is 0 Å². The van der Waals surface area contributed by atoms with Crippen LogP contribution in [-0.4, -0.2) is 30.6 Å². The Balaban J connectivity index is 1.96. The van der Waals surface area contributed by atoms with Crippen molar-refractivity contribution < 1.29 is 0 Å². The third-order valence-electron chi connectivity index (χ3n) is 3.83. The van der Waals surface area contributed by atoms with Crippen molar-refractivity contribution in [3.63, 3.8) is 0 Å². The van der Waals surface area contributed by atoms with E-state index in [2.05, 4.69) is 40.9 Å². The third-order valence-corrected chi connectivity index (χ3v) is 4.57. The molecular formula is C14H24N2S. The lowest BCUT2D eigenvalue weighted by molar-refractivity contribution is 0.143. The molecule has 2 nitrogen and oxygen atoms in total. The Hall–Kier alpha value is -0.380. The Morgan fingerprint density at radius 1 is 1.47 bits per heavy atom. The molecule has 1 aromatic heterocycles. The molecule has 1 heterocycles. The summed E-state index contributed by atoms with van der Waals surface area (Å²) in [5.41, 5.74) is 1.48. The summed E-state index contributed by atoms with van der Waals surface area (Å²) in [5, 5.41) is 7.76. The summed E-state index contributed by atoms with van der Waals surface area (Å²) < 4.78 is 0. The number of rotatable bonds is 7. The first-order valence-electron chi connectivity index (χ1n) is 6.63. The molecule has 1 N–H and O–H groups in total. The Kier molecular flexibility index (Phi) is 4.60. The van der Waals surface area contributed by atoms with Crippen molar-refractivity contribution in [2.75, 3.05) is 13.6 Å². The van der Waals surface area contributed by atoms with Crippen LogP contribution in [0.1, 0.15) is 32.3 Å². The van der Waals surface area contributed by atoms with Crippen LogP contribution in [0, 0.1) is 5.92 Å². The topological polar surface area (TPSA) is 15.3 Å². The Labute approximate surface area is 109 Å². The summed E-state index contributed by atoms with van der Waals surface area (Å²) in [6.45, 7) is 6.97. The van der Waals surface area contributed by atoms with Gasteiger partial charge in [0.2, 0.25) is 0 Å². The van der Waals surface area contributed by atoms with E-state index in [1.807, 2.05) is 7.05 Å². The highest BCUT2D eigenvalue weighted by Crippen LogP contribution is 2.32. The van der Waals surface area contributed by atoms with E-state index in [1.165, 1.54) is 18.4 Å². The van der Waals surface area contributed by atoms with E-state index < -0.39 is 0 Å². The standard InChI is InChI=1S/C14H24N2S/c1-11(8-15-3)12(2)16(14-4-5-14)9-13-6-7-17-10-13/h6-7,10-12,14-15H,4-5,8-9H2,1-3H3. The van der Waals surface area contributed by atoms with Gasteiger partial charge in [0, 0.05) is 18.6 Å². The van der Waals surface area contributed by atoms with Crippen molar-refractivity contribution in [2.45, 2.75) is 45.3 Å². The van der Waals surface area contributed by atoms with Gasteiger partial charge >= 0.3 is 0 Å². The highest BCUT2D eigenvalue weighted by atomic mass is 32.1. The third kappa shape index (κ3) is 3.54. The maximum absolute atomic E-state index is 3.30. The van der Waals surface area contributed by atoms with Crippen molar-refractivity contribution in [1.29, 1.82) is 0 Å². The maximum atomic E-state index is 3.30. The predicted octanol–water partition coefficient (Wildman–Crippen LogP) is 2.96. The molecule has 0 bridgehead atoms. The summed E-state index contributed by atoms with van der Waals surface area (Å²) in [7, 11) is 2.05. The first kappa shape index (κ1) is 13.1. The first-order valence-corrected chi connectivity index (χ1v) is 7.58. The van der Waals surface area contributed by atoms with E-state index in [4.69, 9.17) is 0 Å². The van der Waals surface area contributed by atoms with Gasteiger partial charge in [0.15, 0.2) is 0 Å². The molecule has 0 aromatic carbocycles. The number of thiophene rings is 1. The smallest absolute Gasteiger partial charge is 0.0247 e. The molecule has 0 saturated heterocycles. The molecule has 2 atom stereocenters. The van der Waals surface area contributed by atoms with Crippen molar-refractivity contribution in [1.82, 2.24) is 10.2 Å². The van der Waals surface area contributed by atoms with Crippen LogP contribution < -0.4 is 5.32 Å². The molecule has 3 heteroatoms. The maximum Gasteiger partial charge on any atom is 0.0247 e.